The van der Waals surface area contributed by atoms with E-state index in [4.69, 9.17) is 4.42 Å². The topological polar surface area (TPSA) is 138 Å². The van der Waals surface area contributed by atoms with Crippen LogP contribution in [0.5, 0.6) is 0 Å². The Morgan fingerprint density at radius 3 is 2.16 bits per heavy atom. The van der Waals surface area contributed by atoms with Gasteiger partial charge in [0.25, 0.3) is 0 Å². The van der Waals surface area contributed by atoms with Gasteiger partial charge in [0.15, 0.2) is 0 Å². The summed E-state index contributed by atoms with van der Waals surface area (Å²) >= 11 is 0. The van der Waals surface area contributed by atoms with E-state index in [0.717, 1.165) is 0 Å². The van der Waals surface area contributed by atoms with Crippen molar-refractivity contribution in [2.45, 2.75) is 17.4 Å². The number of fused-ring (bicyclic) bond motifs is 1. The van der Waals surface area contributed by atoms with E-state index in [1.54, 1.807) is 0 Å². The van der Waals surface area contributed by atoms with Gasteiger partial charge in [0, 0.05) is 34.6 Å². The number of carboxylic acid groups (broad SMARTS) is 1. The highest BCUT2D eigenvalue weighted by molar-refractivity contribution is 7.89. The lowest BCUT2D eigenvalue weighted by atomic mass is 10.1. The molecule has 0 bridgehead atoms. The minimum atomic E-state index is -4.23. The van der Waals surface area contributed by atoms with Gasteiger partial charge in [0.05, 0.1) is 4.90 Å². The van der Waals surface area contributed by atoms with E-state index in [1.165, 1.54) is 72.9 Å². The molecule has 3 N–H and O–H groups in total. The molecule has 12 heteroatoms. The Morgan fingerprint density at radius 1 is 0.946 bits per heavy atom. The van der Waals surface area contributed by atoms with Gasteiger partial charge >= 0.3 is 5.97 Å². The molecular weight excluding hydrogens is 506 g/mol. The lowest BCUT2D eigenvalue weighted by Crippen LogP contribution is -2.42. The number of hydrogen-bond donors (Lipinski definition) is 3. The summed E-state index contributed by atoms with van der Waals surface area (Å²) in [4.78, 5) is 14.6. The number of nitrogens with one attached hydrogen (secondary N) is 2. The van der Waals surface area contributed by atoms with Crippen molar-refractivity contribution in [3.8, 4) is 22.9 Å². The van der Waals surface area contributed by atoms with E-state index in [1.807, 2.05) is 0 Å². The number of carboxylic acids is 1. The number of H-pyrrole nitrogens is 1. The van der Waals surface area contributed by atoms with E-state index in [-0.39, 0.29) is 23.1 Å². The molecule has 0 aliphatic rings. The van der Waals surface area contributed by atoms with Gasteiger partial charge in [0.2, 0.25) is 21.8 Å². The highest BCUT2D eigenvalue weighted by atomic mass is 32.2. The number of aromatic amines is 1. The van der Waals surface area contributed by atoms with Crippen molar-refractivity contribution >= 4 is 26.9 Å². The lowest BCUT2D eigenvalue weighted by molar-refractivity contribution is -0.138. The maximum Gasteiger partial charge on any atom is 0.322 e. The summed E-state index contributed by atoms with van der Waals surface area (Å²) in [5.41, 5.74) is 1.99. The number of aromatic nitrogens is 3. The normalized spacial score (nSPS) is 12.6. The highest BCUT2D eigenvalue weighted by Crippen LogP contribution is 2.26. The molecule has 0 spiro atoms. The Hall–Kier alpha value is -4.42. The molecule has 188 valence electrons. The van der Waals surface area contributed by atoms with Crippen LogP contribution in [0.3, 0.4) is 0 Å². The van der Waals surface area contributed by atoms with E-state index in [2.05, 4.69) is 19.9 Å². The van der Waals surface area contributed by atoms with Gasteiger partial charge in [-0.05, 0) is 72.3 Å². The number of nitrogens with zero attached hydrogens (tertiary/aromatic N) is 2. The molecular formula is C25H18F2N4O5S. The quantitative estimate of drug-likeness (QED) is 0.277. The van der Waals surface area contributed by atoms with E-state index in [9.17, 15) is 27.1 Å². The van der Waals surface area contributed by atoms with E-state index >= 15 is 0 Å². The first-order valence-corrected chi connectivity index (χ1v) is 12.4. The van der Waals surface area contributed by atoms with Gasteiger partial charge in [0.1, 0.15) is 17.7 Å². The Morgan fingerprint density at radius 2 is 1.54 bits per heavy atom. The van der Waals surface area contributed by atoms with Gasteiger partial charge < -0.3 is 14.5 Å². The lowest BCUT2D eigenvalue weighted by Gasteiger charge is -2.15. The molecule has 37 heavy (non-hydrogen) atoms. The predicted molar refractivity (Wildman–Crippen MR) is 129 cm³/mol. The number of hydrogen-bond acceptors (Lipinski definition) is 6. The molecule has 1 unspecified atom stereocenters. The third-order valence-electron chi connectivity index (χ3n) is 5.68. The molecule has 0 amide bonds. The van der Waals surface area contributed by atoms with Crippen LogP contribution in [0, 0.1) is 11.6 Å². The molecule has 0 saturated heterocycles. The standard InChI is InChI=1S/C25H18F2N4O5S/c26-17-5-1-14(2-6-17)23-29-30-24(36-23)15-3-8-19(9-4-15)37(34,35)31-22(25(32)33)11-16-13-28-21-10-7-18(27)12-20(16)21/h1-10,12-13,22,28,31H,11H2,(H,32,33). The van der Waals surface area contributed by atoms with Gasteiger partial charge in [-0.25, -0.2) is 17.2 Å². The molecule has 0 radical (unpaired) electrons. The zero-order chi connectivity index (χ0) is 26.2. The average molecular weight is 525 g/mol. The van der Waals surface area contributed by atoms with Crippen LogP contribution in [0.25, 0.3) is 33.8 Å². The van der Waals surface area contributed by atoms with Crippen LogP contribution in [-0.2, 0) is 21.2 Å². The molecule has 5 aromatic rings. The largest absolute Gasteiger partial charge is 0.480 e. The number of sulfonamides is 1. The molecule has 1 atom stereocenters. The third kappa shape index (κ3) is 5.10. The van der Waals surface area contributed by atoms with Crippen LogP contribution in [0.4, 0.5) is 8.78 Å². The minimum Gasteiger partial charge on any atom is -0.480 e. The minimum absolute atomic E-state index is 0.117. The molecule has 0 saturated carbocycles. The smallest absolute Gasteiger partial charge is 0.322 e. The van der Waals surface area contributed by atoms with Gasteiger partial charge in [-0.15, -0.1) is 10.2 Å². The molecule has 2 heterocycles. The summed E-state index contributed by atoms with van der Waals surface area (Å²) in [6, 6.07) is 13.5. The maximum absolute atomic E-state index is 13.7. The number of aliphatic carboxylic acids is 1. The molecule has 9 nitrogen and oxygen atoms in total. The number of carbonyl (C=O) groups is 1. The maximum atomic E-state index is 13.7. The summed E-state index contributed by atoms with van der Waals surface area (Å²) < 4.78 is 60.5. The average Bonchev–Trinajstić information content (AvgIpc) is 3.52. The monoisotopic (exact) mass is 524 g/mol. The summed E-state index contributed by atoms with van der Waals surface area (Å²) in [6.07, 6.45) is 1.32. The fourth-order valence-corrected chi connectivity index (χ4v) is 4.99. The first kappa shape index (κ1) is 24.3. The van der Waals surface area contributed by atoms with Crippen LogP contribution < -0.4 is 4.72 Å². The number of rotatable bonds is 8. The summed E-state index contributed by atoms with van der Waals surface area (Å²) in [7, 11) is -4.23. The van der Waals surface area contributed by atoms with Crippen molar-refractivity contribution in [1.82, 2.24) is 19.9 Å². The highest BCUT2D eigenvalue weighted by Gasteiger charge is 2.27. The summed E-state index contributed by atoms with van der Waals surface area (Å²) in [5.74, 6) is -2.01. The van der Waals surface area contributed by atoms with Crippen LogP contribution in [-0.4, -0.2) is 40.7 Å². The first-order valence-electron chi connectivity index (χ1n) is 10.9. The zero-order valence-corrected chi connectivity index (χ0v) is 19.7. The predicted octanol–water partition coefficient (Wildman–Crippen LogP) is 4.14. The number of halogens is 2. The van der Waals surface area contributed by atoms with Crippen LogP contribution >= 0.6 is 0 Å². The Bertz CT molecular complexity index is 1700. The molecule has 3 aromatic carbocycles. The molecule has 0 aliphatic carbocycles. The van der Waals surface area contributed by atoms with Crippen molar-refractivity contribution in [3.63, 3.8) is 0 Å². The third-order valence-corrected chi connectivity index (χ3v) is 7.16. The number of benzene rings is 3. The van der Waals surface area contributed by atoms with Crippen molar-refractivity contribution in [2.75, 3.05) is 0 Å². The Labute approximate surface area is 208 Å². The second-order valence-corrected chi connectivity index (χ2v) is 9.88. The fourth-order valence-electron chi connectivity index (χ4n) is 3.80. The second-order valence-electron chi connectivity index (χ2n) is 8.16. The van der Waals surface area contributed by atoms with Crippen molar-refractivity contribution in [1.29, 1.82) is 0 Å². The molecule has 0 fully saturated rings. The summed E-state index contributed by atoms with van der Waals surface area (Å²) in [5, 5.41) is 18.0. The second kappa shape index (κ2) is 9.56. The van der Waals surface area contributed by atoms with Crippen molar-refractivity contribution < 1.29 is 31.5 Å². The first-order chi connectivity index (χ1) is 17.7. The fraction of sp³-hybridized carbons (Fsp3) is 0.0800. The van der Waals surface area contributed by atoms with Crippen LogP contribution in [0.15, 0.2) is 82.2 Å². The van der Waals surface area contributed by atoms with Crippen LogP contribution in [0.2, 0.25) is 0 Å². The van der Waals surface area contributed by atoms with Gasteiger partial charge in [-0.1, -0.05) is 0 Å². The molecule has 0 aliphatic heterocycles. The van der Waals surface area contributed by atoms with E-state index < -0.39 is 33.7 Å². The summed E-state index contributed by atoms with van der Waals surface area (Å²) in [6.45, 7) is 0. The van der Waals surface area contributed by atoms with Gasteiger partial charge in [-0.2, -0.15) is 4.72 Å². The van der Waals surface area contributed by atoms with E-state index in [0.29, 0.717) is 27.6 Å². The molecule has 2 aromatic heterocycles. The SMILES string of the molecule is O=C(O)C(Cc1c[nH]c2ccc(F)cc12)NS(=O)(=O)c1ccc(-c2nnc(-c3ccc(F)cc3)o2)cc1. The Kier molecular flexibility index (Phi) is 6.27. The Balaban J connectivity index is 1.34. The van der Waals surface area contributed by atoms with Gasteiger partial charge in [-0.3, -0.25) is 4.79 Å². The van der Waals surface area contributed by atoms with Crippen molar-refractivity contribution in [3.05, 3.63) is 90.1 Å². The molecule has 5 rings (SSSR count). The van der Waals surface area contributed by atoms with Crippen LogP contribution in [0.1, 0.15) is 5.56 Å². The van der Waals surface area contributed by atoms with Crippen molar-refractivity contribution in [2.24, 2.45) is 0 Å². The zero-order valence-electron chi connectivity index (χ0n) is 18.9.